The average molecular weight is 284 g/mol. The second-order valence-corrected chi connectivity index (χ2v) is 4.62. The van der Waals surface area contributed by atoms with Crippen LogP contribution in [-0.4, -0.2) is 15.6 Å². The molecule has 6 heteroatoms. The molecule has 0 radical (unpaired) electrons. The maximum Gasteiger partial charge on any atom is 0.330 e. The third-order valence-electron chi connectivity index (χ3n) is 3.03. The van der Waals surface area contributed by atoms with Crippen molar-refractivity contribution in [3.05, 3.63) is 56.7 Å². The standard InChI is InChI=1S/C15H16N4O2/c1-3-10(2)17-12-13(16)19(15(21)18-14(12)20)9-11-7-5-4-6-8-11/h1,4-8,10,17H,9,16H2,2H3,(H,18,20,21). The molecule has 4 N–H and O–H groups in total. The highest BCUT2D eigenvalue weighted by molar-refractivity contribution is 5.61. The van der Waals surface area contributed by atoms with Gasteiger partial charge in [0.2, 0.25) is 0 Å². The summed E-state index contributed by atoms with van der Waals surface area (Å²) in [5, 5.41) is 2.82. The van der Waals surface area contributed by atoms with E-state index >= 15 is 0 Å². The van der Waals surface area contributed by atoms with Crippen LogP contribution in [0.5, 0.6) is 0 Å². The number of H-pyrrole nitrogens is 1. The summed E-state index contributed by atoms with van der Waals surface area (Å²) in [4.78, 5) is 26.0. The summed E-state index contributed by atoms with van der Waals surface area (Å²) in [5.41, 5.74) is 5.82. The minimum absolute atomic E-state index is 0.0645. The van der Waals surface area contributed by atoms with Crippen LogP contribution in [0.15, 0.2) is 39.9 Å². The van der Waals surface area contributed by atoms with Crippen molar-refractivity contribution in [2.45, 2.75) is 19.5 Å². The number of nitrogens with two attached hydrogens (primary N) is 1. The first kappa shape index (κ1) is 14.5. The van der Waals surface area contributed by atoms with Gasteiger partial charge in [-0.25, -0.2) is 4.79 Å². The number of aromatic nitrogens is 2. The molecular formula is C15H16N4O2. The van der Waals surface area contributed by atoms with Crippen LogP contribution < -0.4 is 22.3 Å². The van der Waals surface area contributed by atoms with Crippen molar-refractivity contribution in [1.29, 1.82) is 0 Å². The molecule has 0 spiro atoms. The van der Waals surface area contributed by atoms with Crippen LogP contribution in [0, 0.1) is 12.3 Å². The molecule has 0 amide bonds. The summed E-state index contributed by atoms with van der Waals surface area (Å²) in [6.07, 6.45) is 5.28. The van der Waals surface area contributed by atoms with Crippen molar-refractivity contribution >= 4 is 11.5 Å². The SMILES string of the molecule is C#CC(C)Nc1c(N)n(Cc2ccccc2)c(=O)[nH]c1=O. The first-order valence-electron chi connectivity index (χ1n) is 6.42. The quantitative estimate of drug-likeness (QED) is 0.717. The van der Waals surface area contributed by atoms with Crippen LogP contribution in [0.3, 0.4) is 0 Å². The lowest BCUT2D eigenvalue weighted by Gasteiger charge is -2.15. The smallest absolute Gasteiger partial charge is 0.330 e. The second-order valence-electron chi connectivity index (χ2n) is 4.62. The van der Waals surface area contributed by atoms with E-state index in [4.69, 9.17) is 12.2 Å². The predicted octanol–water partition coefficient (Wildman–Crippen LogP) is 0.601. The van der Waals surface area contributed by atoms with Gasteiger partial charge in [0.05, 0.1) is 12.6 Å². The Morgan fingerprint density at radius 2 is 2.05 bits per heavy atom. The molecule has 1 aromatic carbocycles. The Bertz CT molecular complexity index is 784. The number of nitrogen functional groups attached to an aromatic ring is 1. The van der Waals surface area contributed by atoms with Gasteiger partial charge in [0.1, 0.15) is 11.5 Å². The molecule has 2 aromatic rings. The molecule has 0 aliphatic heterocycles. The fourth-order valence-electron chi connectivity index (χ4n) is 1.91. The van der Waals surface area contributed by atoms with Gasteiger partial charge in [0.25, 0.3) is 5.56 Å². The summed E-state index contributed by atoms with van der Waals surface area (Å²) in [6, 6.07) is 8.96. The molecule has 0 aliphatic carbocycles. The Balaban J connectivity index is 2.47. The lowest BCUT2D eigenvalue weighted by atomic mass is 10.2. The number of anilines is 2. The van der Waals surface area contributed by atoms with Crippen LogP contribution >= 0.6 is 0 Å². The van der Waals surface area contributed by atoms with E-state index in [2.05, 4.69) is 16.2 Å². The van der Waals surface area contributed by atoms with Gasteiger partial charge in [-0.15, -0.1) is 6.42 Å². The summed E-state index contributed by atoms with van der Waals surface area (Å²) in [5.74, 6) is 2.51. The zero-order chi connectivity index (χ0) is 15.4. The molecule has 2 rings (SSSR count). The molecule has 1 heterocycles. The van der Waals surface area contributed by atoms with Crippen molar-refractivity contribution < 1.29 is 0 Å². The zero-order valence-electron chi connectivity index (χ0n) is 11.6. The van der Waals surface area contributed by atoms with Crippen molar-refractivity contribution in [3.63, 3.8) is 0 Å². The van der Waals surface area contributed by atoms with E-state index < -0.39 is 11.2 Å². The summed E-state index contributed by atoms with van der Waals surface area (Å²) >= 11 is 0. The maximum absolute atomic E-state index is 11.9. The van der Waals surface area contributed by atoms with Crippen LogP contribution in [-0.2, 0) is 6.54 Å². The fraction of sp³-hybridized carbons (Fsp3) is 0.200. The van der Waals surface area contributed by atoms with Gasteiger partial charge in [-0.1, -0.05) is 36.3 Å². The average Bonchev–Trinajstić information content (AvgIpc) is 2.48. The minimum atomic E-state index is -0.580. The van der Waals surface area contributed by atoms with Gasteiger partial charge in [-0.3, -0.25) is 14.3 Å². The highest BCUT2D eigenvalue weighted by Crippen LogP contribution is 2.13. The first-order chi connectivity index (χ1) is 10.0. The van der Waals surface area contributed by atoms with Crippen molar-refractivity contribution in [3.8, 4) is 12.3 Å². The predicted molar refractivity (Wildman–Crippen MR) is 83.2 cm³/mol. The summed E-state index contributed by atoms with van der Waals surface area (Å²) < 4.78 is 1.29. The molecule has 21 heavy (non-hydrogen) atoms. The summed E-state index contributed by atoms with van der Waals surface area (Å²) in [7, 11) is 0. The van der Waals surface area contributed by atoms with E-state index in [1.165, 1.54) is 4.57 Å². The number of nitrogens with one attached hydrogen (secondary N) is 2. The Kier molecular flexibility index (Phi) is 4.14. The number of hydrogen-bond donors (Lipinski definition) is 3. The Morgan fingerprint density at radius 3 is 2.67 bits per heavy atom. The van der Waals surface area contributed by atoms with Crippen LogP contribution in [0.4, 0.5) is 11.5 Å². The lowest BCUT2D eigenvalue weighted by molar-refractivity contribution is 0.732. The van der Waals surface area contributed by atoms with E-state index in [0.29, 0.717) is 0 Å². The molecule has 0 aliphatic rings. The van der Waals surface area contributed by atoms with E-state index in [1.54, 1.807) is 6.92 Å². The normalized spacial score (nSPS) is 11.6. The highest BCUT2D eigenvalue weighted by Gasteiger charge is 2.13. The minimum Gasteiger partial charge on any atom is -0.383 e. The van der Waals surface area contributed by atoms with Crippen molar-refractivity contribution in [1.82, 2.24) is 9.55 Å². The third kappa shape index (κ3) is 3.15. The van der Waals surface area contributed by atoms with Gasteiger partial charge in [0.15, 0.2) is 0 Å². The monoisotopic (exact) mass is 284 g/mol. The zero-order valence-corrected chi connectivity index (χ0v) is 11.6. The summed E-state index contributed by atoms with van der Waals surface area (Å²) in [6.45, 7) is 1.98. The largest absolute Gasteiger partial charge is 0.383 e. The highest BCUT2D eigenvalue weighted by atomic mass is 16.2. The Morgan fingerprint density at radius 1 is 1.38 bits per heavy atom. The number of rotatable bonds is 4. The van der Waals surface area contributed by atoms with E-state index in [0.717, 1.165) is 5.56 Å². The molecule has 1 aromatic heterocycles. The van der Waals surface area contributed by atoms with Crippen molar-refractivity contribution in [2.24, 2.45) is 0 Å². The van der Waals surface area contributed by atoms with Crippen LogP contribution in [0.25, 0.3) is 0 Å². The molecule has 108 valence electrons. The van der Waals surface area contributed by atoms with Gasteiger partial charge in [-0.2, -0.15) is 0 Å². The number of aromatic amines is 1. The van der Waals surface area contributed by atoms with E-state index in [9.17, 15) is 9.59 Å². The maximum atomic E-state index is 11.9. The van der Waals surface area contributed by atoms with Gasteiger partial charge >= 0.3 is 5.69 Å². The lowest BCUT2D eigenvalue weighted by Crippen LogP contribution is -2.35. The van der Waals surface area contributed by atoms with Crippen LogP contribution in [0.1, 0.15) is 12.5 Å². The number of terminal acetylenes is 1. The molecule has 0 saturated carbocycles. The van der Waals surface area contributed by atoms with Gasteiger partial charge < -0.3 is 11.1 Å². The van der Waals surface area contributed by atoms with E-state index in [-0.39, 0.29) is 24.1 Å². The third-order valence-corrected chi connectivity index (χ3v) is 3.03. The van der Waals surface area contributed by atoms with Gasteiger partial charge in [0, 0.05) is 0 Å². The van der Waals surface area contributed by atoms with Crippen molar-refractivity contribution in [2.75, 3.05) is 11.1 Å². The number of benzene rings is 1. The second kappa shape index (κ2) is 6.01. The van der Waals surface area contributed by atoms with Crippen LogP contribution in [0.2, 0.25) is 0 Å². The molecule has 1 unspecified atom stereocenters. The molecular weight excluding hydrogens is 268 g/mol. The molecule has 0 bridgehead atoms. The number of hydrogen-bond acceptors (Lipinski definition) is 4. The Hall–Kier alpha value is -2.94. The first-order valence-corrected chi connectivity index (χ1v) is 6.42. The van der Waals surface area contributed by atoms with Gasteiger partial charge in [-0.05, 0) is 12.5 Å². The molecule has 0 saturated heterocycles. The van der Waals surface area contributed by atoms with E-state index in [1.807, 2.05) is 30.3 Å². The Labute approximate surface area is 121 Å². The molecule has 1 atom stereocenters. The number of nitrogens with zero attached hydrogens (tertiary/aromatic N) is 1. The molecule has 0 fully saturated rings. The fourth-order valence-corrected chi connectivity index (χ4v) is 1.91. The topological polar surface area (TPSA) is 92.9 Å². The molecule has 6 nitrogen and oxygen atoms in total.